The molecular formula is C50H38N4. The molecule has 0 aliphatic heterocycles. The van der Waals surface area contributed by atoms with Crippen LogP contribution in [-0.2, 0) is 0 Å². The lowest BCUT2D eigenvalue weighted by molar-refractivity contribution is 1.10. The fourth-order valence-corrected chi connectivity index (χ4v) is 8.74. The monoisotopic (exact) mass is 694 g/mol. The molecule has 2 aromatic heterocycles. The fraction of sp³-hybridized carbons (Fsp3) is 0.120. The van der Waals surface area contributed by atoms with Crippen molar-refractivity contribution in [2.24, 2.45) is 0 Å². The zero-order valence-electron chi connectivity index (χ0n) is 31.3. The van der Waals surface area contributed by atoms with Crippen molar-refractivity contribution in [1.82, 2.24) is 9.13 Å². The molecule has 54 heavy (non-hydrogen) atoms. The molecule has 258 valence electrons. The van der Waals surface area contributed by atoms with Gasteiger partial charge in [-0.3, -0.25) is 0 Å². The van der Waals surface area contributed by atoms with Crippen LogP contribution in [0.1, 0.15) is 44.5 Å². The Morgan fingerprint density at radius 1 is 0.389 bits per heavy atom. The van der Waals surface area contributed by atoms with Crippen LogP contribution in [0.15, 0.2) is 121 Å². The SMILES string of the molecule is Cc1ccc2c(c1)c1cc(C)ccc1n2-c1c(C)c(-c2cccc(C#N)c2)c(-n2c3ccc(C)cc3c3cc(C)ccc32)c(-c2cccc(C#N)c2)c1C. The van der Waals surface area contributed by atoms with Gasteiger partial charge in [0.15, 0.2) is 0 Å². The molecule has 4 heteroatoms. The lowest BCUT2D eigenvalue weighted by Gasteiger charge is -2.27. The predicted octanol–water partition coefficient (Wildman–Crippen LogP) is 12.8. The predicted molar refractivity (Wildman–Crippen MR) is 224 cm³/mol. The maximum absolute atomic E-state index is 10.2. The number of hydrogen-bond acceptors (Lipinski definition) is 2. The molecule has 0 saturated heterocycles. The Kier molecular flexibility index (Phi) is 7.56. The van der Waals surface area contributed by atoms with Crippen LogP contribution in [0.5, 0.6) is 0 Å². The van der Waals surface area contributed by atoms with E-state index >= 15 is 0 Å². The van der Waals surface area contributed by atoms with Gasteiger partial charge in [-0.1, -0.05) is 70.8 Å². The molecule has 7 aromatic carbocycles. The van der Waals surface area contributed by atoms with Gasteiger partial charge in [0.05, 0.1) is 56.7 Å². The van der Waals surface area contributed by atoms with E-state index in [-0.39, 0.29) is 0 Å². The van der Waals surface area contributed by atoms with Gasteiger partial charge in [0.25, 0.3) is 0 Å². The number of benzene rings is 7. The normalized spacial score (nSPS) is 11.5. The standard InChI is InChI=1S/C50H38N4/c1-29-13-17-43-39(21-29)40-22-30(2)14-18-44(40)53(43)49-33(5)47(37-11-7-9-35(25-37)27-51)50(48(34(49)6)38-12-8-10-36(26-38)28-52)54-45-19-15-31(3)23-41(45)42-24-32(4)16-20-46(42)54/h7-26H,1-6H3. The molecule has 9 rings (SSSR count). The van der Waals surface area contributed by atoms with Gasteiger partial charge in [-0.2, -0.15) is 10.5 Å². The van der Waals surface area contributed by atoms with Gasteiger partial charge in [0.2, 0.25) is 0 Å². The number of nitriles is 2. The third-order valence-electron chi connectivity index (χ3n) is 11.1. The fourth-order valence-electron chi connectivity index (χ4n) is 8.74. The van der Waals surface area contributed by atoms with Crippen LogP contribution < -0.4 is 0 Å². The molecule has 0 bridgehead atoms. The summed E-state index contributed by atoms with van der Waals surface area (Å²) in [5.74, 6) is 0. The Bertz CT molecular complexity index is 2930. The minimum Gasteiger partial charge on any atom is -0.309 e. The van der Waals surface area contributed by atoms with Crippen molar-refractivity contribution in [2.75, 3.05) is 0 Å². The minimum absolute atomic E-state index is 0.601. The quantitative estimate of drug-likeness (QED) is 0.184. The molecule has 4 nitrogen and oxygen atoms in total. The molecule has 9 aromatic rings. The first-order valence-electron chi connectivity index (χ1n) is 18.4. The summed E-state index contributed by atoms with van der Waals surface area (Å²) in [5.41, 5.74) is 18.8. The minimum atomic E-state index is 0.601. The molecule has 0 unspecified atom stereocenters. The van der Waals surface area contributed by atoms with E-state index in [1.54, 1.807) is 0 Å². The van der Waals surface area contributed by atoms with E-state index in [4.69, 9.17) is 0 Å². The summed E-state index contributed by atoms with van der Waals surface area (Å²) < 4.78 is 4.86. The molecule has 0 saturated carbocycles. The molecular weight excluding hydrogens is 657 g/mol. The molecule has 0 atom stereocenters. The first kappa shape index (κ1) is 33.0. The number of hydrogen-bond donors (Lipinski definition) is 0. The van der Waals surface area contributed by atoms with Crippen molar-refractivity contribution in [3.8, 4) is 45.8 Å². The van der Waals surface area contributed by atoms with Crippen molar-refractivity contribution < 1.29 is 0 Å². The summed E-state index contributed by atoms with van der Waals surface area (Å²) in [6, 6.07) is 47.7. The Morgan fingerprint density at radius 3 is 1.06 bits per heavy atom. The largest absolute Gasteiger partial charge is 0.309 e. The summed E-state index contributed by atoms with van der Waals surface area (Å²) in [4.78, 5) is 0. The summed E-state index contributed by atoms with van der Waals surface area (Å²) >= 11 is 0. The van der Waals surface area contributed by atoms with Gasteiger partial charge in [-0.25, -0.2) is 0 Å². The summed E-state index contributed by atoms with van der Waals surface area (Å²) in [6.07, 6.45) is 0. The molecule has 0 aliphatic carbocycles. The van der Waals surface area contributed by atoms with Crippen molar-refractivity contribution in [2.45, 2.75) is 41.5 Å². The maximum Gasteiger partial charge on any atom is 0.0991 e. The van der Waals surface area contributed by atoms with E-state index < -0.39 is 0 Å². The molecule has 0 fully saturated rings. The topological polar surface area (TPSA) is 57.4 Å². The average Bonchev–Trinajstić information content (AvgIpc) is 3.65. The highest BCUT2D eigenvalue weighted by atomic mass is 15.0. The van der Waals surface area contributed by atoms with Gasteiger partial charge < -0.3 is 9.13 Å². The van der Waals surface area contributed by atoms with Gasteiger partial charge in [0, 0.05) is 32.7 Å². The highest BCUT2D eigenvalue weighted by Gasteiger charge is 2.28. The number of aromatic nitrogens is 2. The molecule has 0 amide bonds. The highest BCUT2D eigenvalue weighted by Crippen LogP contribution is 2.49. The lowest BCUT2D eigenvalue weighted by atomic mass is 9.86. The van der Waals surface area contributed by atoms with Crippen LogP contribution in [-0.4, -0.2) is 9.13 Å². The lowest BCUT2D eigenvalue weighted by Crippen LogP contribution is -2.10. The van der Waals surface area contributed by atoms with Crippen LogP contribution in [0.4, 0.5) is 0 Å². The van der Waals surface area contributed by atoms with Gasteiger partial charge in [-0.15, -0.1) is 0 Å². The Morgan fingerprint density at radius 2 is 0.722 bits per heavy atom. The molecule has 0 radical (unpaired) electrons. The number of fused-ring (bicyclic) bond motifs is 6. The van der Waals surface area contributed by atoms with Crippen LogP contribution in [0.3, 0.4) is 0 Å². The number of rotatable bonds is 4. The van der Waals surface area contributed by atoms with E-state index in [1.807, 2.05) is 36.4 Å². The first-order valence-corrected chi connectivity index (χ1v) is 18.4. The van der Waals surface area contributed by atoms with Crippen LogP contribution in [0.25, 0.3) is 77.2 Å². The summed E-state index contributed by atoms with van der Waals surface area (Å²) in [7, 11) is 0. The smallest absolute Gasteiger partial charge is 0.0991 e. The van der Waals surface area contributed by atoms with E-state index in [0.717, 1.165) is 66.8 Å². The van der Waals surface area contributed by atoms with Gasteiger partial charge in [0.1, 0.15) is 0 Å². The second kappa shape index (κ2) is 12.4. The third kappa shape index (κ3) is 4.96. The molecule has 0 aliphatic rings. The van der Waals surface area contributed by atoms with Gasteiger partial charge >= 0.3 is 0 Å². The van der Waals surface area contributed by atoms with E-state index in [0.29, 0.717) is 11.1 Å². The Hall–Kier alpha value is -6.88. The number of aryl methyl sites for hydroxylation is 4. The van der Waals surface area contributed by atoms with Crippen LogP contribution in [0.2, 0.25) is 0 Å². The van der Waals surface area contributed by atoms with Crippen molar-refractivity contribution in [1.29, 1.82) is 10.5 Å². The third-order valence-corrected chi connectivity index (χ3v) is 11.1. The zero-order valence-corrected chi connectivity index (χ0v) is 31.3. The summed E-state index contributed by atoms with van der Waals surface area (Å²) in [6.45, 7) is 13.1. The molecule has 2 heterocycles. The van der Waals surface area contributed by atoms with Crippen molar-refractivity contribution >= 4 is 43.6 Å². The Balaban J connectivity index is 1.57. The maximum atomic E-state index is 10.2. The second-order valence-corrected chi connectivity index (χ2v) is 14.8. The average molecular weight is 695 g/mol. The van der Waals surface area contributed by atoms with E-state index in [1.165, 1.54) is 43.8 Å². The van der Waals surface area contributed by atoms with Gasteiger partial charge in [-0.05, 0) is 137 Å². The number of nitrogens with zero attached hydrogens (tertiary/aromatic N) is 4. The van der Waals surface area contributed by atoms with Crippen molar-refractivity contribution in [3.05, 3.63) is 166 Å². The Labute approximate surface area is 315 Å². The second-order valence-electron chi connectivity index (χ2n) is 14.8. The van der Waals surface area contributed by atoms with Crippen LogP contribution in [0, 0.1) is 64.2 Å². The molecule has 0 N–H and O–H groups in total. The first-order chi connectivity index (χ1) is 26.2. The summed E-state index contributed by atoms with van der Waals surface area (Å²) in [5, 5.41) is 25.2. The van der Waals surface area contributed by atoms with E-state index in [9.17, 15) is 10.5 Å². The highest BCUT2D eigenvalue weighted by molar-refractivity contribution is 6.13. The van der Waals surface area contributed by atoms with Crippen LogP contribution >= 0.6 is 0 Å². The van der Waals surface area contributed by atoms with E-state index in [2.05, 4.69) is 148 Å². The molecule has 0 spiro atoms. The zero-order chi connectivity index (χ0) is 37.4. The van der Waals surface area contributed by atoms with Crippen molar-refractivity contribution in [3.63, 3.8) is 0 Å².